The molecule has 0 aromatic carbocycles. The summed E-state index contributed by atoms with van der Waals surface area (Å²) in [6, 6.07) is -0.232. The number of hydrazone groups is 1. The quantitative estimate of drug-likeness (QED) is 0.766. The molecule has 0 spiro atoms. The molecular formula is C15H25N5O3. The van der Waals surface area contributed by atoms with Gasteiger partial charge in [-0.25, -0.2) is 10.2 Å². The molecule has 0 aromatic rings. The van der Waals surface area contributed by atoms with E-state index >= 15 is 0 Å². The van der Waals surface area contributed by atoms with Gasteiger partial charge in [-0.2, -0.15) is 5.10 Å². The van der Waals surface area contributed by atoms with Crippen molar-refractivity contribution in [2.24, 2.45) is 16.9 Å². The molecule has 2 heterocycles. The summed E-state index contributed by atoms with van der Waals surface area (Å²) < 4.78 is 0. The lowest BCUT2D eigenvalue weighted by Gasteiger charge is -2.24. The van der Waals surface area contributed by atoms with E-state index in [1.165, 1.54) is 4.90 Å². The maximum Gasteiger partial charge on any atom is 0.317 e. The standard InChI is InChI=1S/C15H25N5O3/c1-9(2)10-7-20(8-12(10)16-15(23)19(3)4)14(22)11-5-6-13(21)18-17-11/h9-10,12H,5-8H2,1-4H3,(H,16,23)(H,18,21). The first-order valence-electron chi connectivity index (χ1n) is 7.92. The summed E-state index contributed by atoms with van der Waals surface area (Å²) in [6.07, 6.45) is 0.648. The highest BCUT2D eigenvalue weighted by Gasteiger charge is 2.39. The second kappa shape index (κ2) is 6.97. The summed E-state index contributed by atoms with van der Waals surface area (Å²) in [5.74, 6) is 0.214. The minimum Gasteiger partial charge on any atom is -0.335 e. The molecule has 2 atom stereocenters. The van der Waals surface area contributed by atoms with Gasteiger partial charge in [0, 0.05) is 45.9 Å². The van der Waals surface area contributed by atoms with Gasteiger partial charge < -0.3 is 15.1 Å². The van der Waals surface area contributed by atoms with Crippen LogP contribution in [0.1, 0.15) is 26.7 Å². The smallest absolute Gasteiger partial charge is 0.317 e. The summed E-state index contributed by atoms with van der Waals surface area (Å²) in [4.78, 5) is 38.8. The molecule has 2 N–H and O–H groups in total. The van der Waals surface area contributed by atoms with Gasteiger partial charge in [0.05, 0.1) is 6.04 Å². The van der Waals surface area contributed by atoms with Gasteiger partial charge in [0.1, 0.15) is 5.71 Å². The van der Waals surface area contributed by atoms with Gasteiger partial charge in [0.25, 0.3) is 5.91 Å². The number of amides is 4. The fraction of sp³-hybridized carbons (Fsp3) is 0.733. The van der Waals surface area contributed by atoms with Crippen LogP contribution in [0.15, 0.2) is 5.10 Å². The zero-order valence-corrected chi connectivity index (χ0v) is 14.1. The highest BCUT2D eigenvalue weighted by molar-refractivity contribution is 6.39. The highest BCUT2D eigenvalue weighted by atomic mass is 16.2. The molecular weight excluding hydrogens is 298 g/mol. The van der Waals surface area contributed by atoms with E-state index in [0.29, 0.717) is 31.1 Å². The van der Waals surface area contributed by atoms with Crippen LogP contribution in [0.25, 0.3) is 0 Å². The third kappa shape index (κ3) is 4.00. The summed E-state index contributed by atoms with van der Waals surface area (Å²) >= 11 is 0. The van der Waals surface area contributed by atoms with E-state index < -0.39 is 0 Å². The molecule has 8 nitrogen and oxygen atoms in total. The van der Waals surface area contributed by atoms with E-state index in [1.807, 2.05) is 0 Å². The monoisotopic (exact) mass is 323 g/mol. The number of hydrogen-bond donors (Lipinski definition) is 2. The number of nitrogens with zero attached hydrogens (tertiary/aromatic N) is 3. The molecule has 23 heavy (non-hydrogen) atoms. The first-order chi connectivity index (χ1) is 10.8. The van der Waals surface area contributed by atoms with Crippen LogP contribution in [0.2, 0.25) is 0 Å². The second-order valence-corrected chi connectivity index (χ2v) is 6.66. The summed E-state index contributed by atoms with van der Waals surface area (Å²) in [5, 5.41) is 6.86. The van der Waals surface area contributed by atoms with Crippen LogP contribution in [-0.2, 0) is 9.59 Å². The van der Waals surface area contributed by atoms with Gasteiger partial charge in [0.15, 0.2) is 0 Å². The number of nitrogens with one attached hydrogen (secondary N) is 2. The molecule has 1 saturated heterocycles. The van der Waals surface area contributed by atoms with Crippen molar-refractivity contribution in [2.45, 2.75) is 32.7 Å². The van der Waals surface area contributed by atoms with Gasteiger partial charge in [-0.1, -0.05) is 13.8 Å². The number of carbonyl (C=O) groups excluding carboxylic acids is 3. The predicted octanol–water partition coefficient (Wildman–Crippen LogP) is 0.00660. The van der Waals surface area contributed by atoms with Gasteiger partial charge in [-0.05, 0) is 5.92 Å². The van der Waals surface area contributed by atoms with Crippen molar-refractivity contribution >= 4 is 23.6 Å². The summed E-state index contributed by atoms with van der Waals surface area (Å²) in [5.41, 5.74) is 2.74. The minimum absolute atomic E-state index is 0.0763. The van der Waals surface area contributed by atoms with E-state index in [1.54, 1.807) is 19.0 Å². The molecule has 2 aliphatic heterocycles. The van der Waals surface area contributed by atoms with E-state index in [9.17, 15) is 14.4 Å². The van der Waals surface area contributed by atoms with Crippen molar-refractivity contribution in [1.82, 2.24) is 20.5 Å². The lowest BCUT2D eigenvalue weighted by molar-refractivity contribution is -0.124. The minimum atomic E-state index is -0.167. The van der Waals surface area contributed by atoms with Crippen molar-refractivity contribution in [1.29, 1.82) is 0 Å². The van der Waals surface area contributed by atoms with Crippen molar-refractivity contribution in [3.05, 3.63) is 0 Å². The molecule has 0 aliphatic carbocycles. The molecule has 0 radical (unpaired) electrons. The highest BCUT2D eigenvalue weighted by Crippen LogP contribution is 2.25. The van der Waals surface area contributed by atoms with Crippen LogP contribution < -0.4 is 10.7 Å². The average Bonchev–Trinajstić information content (AvgIpc) is 2.91. The van der Waals surface area contributed by atoms with E-state index in [0.717, 1.165) is 0 Å². The van der Waals surface area contributed by atoms with Crippen molar-refractivity contribution < 1.29 is 14.4 Å². The van der Waals surface area contributed by atoms with Crippen molar-refractivity contribution in [3.8, 4) is 0 Å². The lowest BCUT2D eigenvalue weighted by Crippen LogP contribution is -2.46. The maximum atomic E-state index is 12.6. The molecule has 0 aromatic heterocycles. The number of carbonyl (C=O) groups is 3. The molecule has 0 bridgehead atoms. The number of hydrogen-bond acceptors (Lipinski definition) is 4. The van der Waals surface area contributed by atoms with Crippen LogP contribution >= 0.6 is 0 Å². The molecule has 4 amide bonds. The Hall–Kier alpha value is -2.12. The zero-order chi connectivity index (χ0) is 17.1. The van der Waals surface area contributed by atoms with Gasteiger partial charge in [0.2, 0.25) is 5.91 Å². The third-order valence-electron chi connectivity index (χ3n) is 4.37. The molecule has 1 fully saturated rings. The Morgan fingerprint density at radius 2 is 2.00 bits per heavy atom. The Balaban J connectivity index is 2.05. The third-order valence-corrected chi connectivity index (χ3v) is 4.37. The Morgan fingerprint density at radius 3 is 2.52 bits per heavy atom. The molecule has 8 heteroatoms. The molecule has 0 saturated carbocycles. The van der Waals surface area contributed by atoms with E-state index in [-0.39, 0.29) is 36.2 Å². The molecule has 2 aliphatic rings. The number of likely N-dealkylation sites (tertiary alicyclic amines) is 1. The average molecular weight is 323 g/mol. The van der Waals surface area contributed by atoms with Gasteiger partial charge in [-0.15, -0.1) is 0 Å². The van der Waals surface area contributed by atoms with E-state index in [2.05, 4.69) is 29.7 Å². The fourth-order valence-electron chi connectivity index (χ4n) is 2.92. The lowest BCUT2D eigenvalue weighted by atomic mass is 9.91. The number of rotatable bonds is 3. The van der Waals surface area contributed by atoms with Crippen LogP contribution in [0.5, 0.6) is 0 Å². The normalized spacial score (nSPS) is 24.3. The second-order valence-electron chi connectivity index (χ2n) is 6.66. The van der Waals surface area contributed by atoms with Crippen molar-refractivity contribution in [3.63, 3.8) is 0 Å². The van der Waals surface area contributed by atoms with Crippen molar-refractivity contribution in [2.75, 3.05) is 27.2 Å². The first kappa shape index (κ1) is 17.2. The number of urea groups is 1. The predicted molar refractivity (Wildman–Crippen MR) is 85.7 cm³/mol. The first-order valence-corrected chi connectivity index (χ1v) is 7.92. The molecule has 2 rings (SSSR count). The Labute approximate surface area is 136 Å². The fourth-order valence-corrected chi connectivity index (χ4v) is 2.92. The molecule has 2 unspecified atom stereocenters. The topological polar surface area (TPSA) is 94.1 Å². The summed E-state index contributed by atoms with van der Waals surface area (Å²) in [7, 11) is 3.38. The van der Waals surface area contributed by atoms with Crippen LogP contribution in [-0.4, -0.2) is 66.6 Å². The van der Waals surface area contributed by atoms with Crippen LogP contribution in [0, 0.1) is 11.8 Å². The zero-order valence-electron chi connectivity index (χ0n) is 14.1. The van der Waals surface area contributed by atoms with E-state index in [4.69, 9.17) is 0 Å². The SMILES string of the molecule is CC(C)C1CN(C(=O)C2=NNC(=O)CC2)CC1NC(=O)N(C)C. The maximum absolute atomic E-state index is 12.6. The van der Waals surface area contributed by atoms with Crippen LogP contribution in [0.3, 0.4) is 0 Å². The van der Waals surface area contributed by atoms with Gasteiger partial charge in [-0.3, -0.25) is 9.59 Å². The molecule has 128 valence electrons. The largest absolute Gasteiger partial charge is 0.335 e. The Kier molecular flexibility index (Phi) is 5.23. The summed E-state index contributed by atoms with van der Waals surface area (Å²) in [6.45, 7) is 5.23. The van der Waals surface area contributed by atoms with Gasteiger partial charge >= 0.3 is 6.03 Å². The van der Waals surface area contributed by atoms with Crippen LogP contribution in [0.4, 0.5) is 4.79 Å². The Bertz CT molecular complexity index is 529. The Morgan fingerprint density at radius 1 is 1.30 bits per heavy atom.